The van der Waals surface area contributed by atoms with Gasteiger partial charge in [-0.3, -0.25) is 9.69 Å². The smallest absolute Gasteiger partial charge is 0.410 e. The van der Waals surface area contributed by atoms with Crippen molar-refractivity contribution in [1.82, 2.24) is 59.2 Å². The number of carbonyl (C=O) groups is 8. The number of rotatable bonds is 3. The number of hydrogen-bond acceptors (Lipinski definition) is 28. The molecule has 10 amide bonds. The fraction of sp³-hybridized carbons (Fsp3) is 0.467. The number of aliphatic carboxylic acids is 1. The molecule has 11 heterocycles. The van der Waals surface area contributed by atoms with E-state index < -0.39 is 56.2 Å². The molecule has 35 nitrogen and oxygen atoms in total. The average molecular weight is 2170 g/mol. The van der Waals surface area contributed by atoms with Gasteiger partial charge in [0, 0.05) is 213 Å². The lowest BCUT2D eigenvalue weighted by atomic mass is 10.1. The first-order chi connectivity index (χ1) is 70.6. The molecule has 0 aromatic heterocycles. The van der Waals surface area contributed by atoms with Gasteiger partial charge in [-0.1, -0.05) is 83.5 Å². The number of nitrogens with one attached hydrogen (secondary N) is 1. The Morgan fingerprint density at radius 1 is 0.432 bits per heavy atom. The standard InChI is InChI=1S/C22H25N3O3S.C15H20N2OS.C14H18FNO3S.C14H18N4O3S.C14H19N3OS.C14H20N2O3S.C12H13NO5S/c26-22(25-11-12-29-21-4-2-1-3-18(21)15-25)24-9-7-23(8-10-24)14-17-5-6-19-20(13-17)28-16-27-19;18-15(16-8-4-1-5-9-16)17-10-11-19-14-7-3-2-6-13(14)12-17;1-14(2,3)19-13(18)16-4-5-20-12-7-10(15)11(17)6-9(12)8-16;1-14(2,3)21-13(20)18-4-5-22-12-7-10(16-17-15)11(19)6-9(12)8-18;18-14(16-7-5-15-6-8-16)17-9-10-19-13-4-2-1-3-12(13)11-17;1-14(2,3)19-13(18)16-4-5-20-12-7-10(15)11(17)6-9(12)8-16;1-8-2-3-10-9(6-8)7-13(11(14)12(15)16)4-5-19(10,17)18/h1-6,13H,7-12,14-16H2;2-3,6-7H,1,4-5,8-12H2;6-7,17H,4-5,8H2,1-3H3;6-7,19H,4-5,8H2,1-3H3;1-4,15H,5-11H2;6-7,17H,4-5,8,15H2,1-3H3;2-3,6H,4-5,7H2,1H3,(H,15,16). The summed E-state index contributed by atoms with van der Waals surface area (Å²) in [6.45, 7) is 35.4. The summed E-state index contributed by atoms with van der Waals surface area (Å²) < 4.78 is 64.5. The Morgan fingerprint density at radius 3 is 1.30 bits per heavy atom. The third-order valence-corrected chi connectivity index (χ3v) is 33.0. The number of amides is 10. The number of carboxylic acid groups (broad SMARTS) is 1. The number of phenols is 3. The molecule has 11 aliphatic rings. The fourth-order valence-corrected chi connectivity index (χ4v) is 25.0. The van der Waals surface area contributed by atoms with Crippen molar-refractivity contribution in [2.75, 3.05) is 164 Å². The molecule has 8 aromatic rings. The van der Waals surface area contributed by atoms with Crippen molar-refractivity contribution < 1.29 is 95.3 Å². The number of urea groups is 3. The number of nitrogens with zero attached hydrogens (tertiary/aromatic N) is 14. The summed E-state index contributed by atoms with van der Waals surface area (Å²) in [7, 11) is -3.47. The number of azide groups is 1. The predicted molar refractivity (Wildman–Crippen MR) is 574 cm³/mol. The molecule has 7 N–H and O–H groups in total. The summed E-state index contributed by atoms with van der Waals surface area (Å²) in [4.78, 5) is 127. The predicted octanol–water partition coefficient (Wildman–Crippen LogP) is 18.6. The van der Waals surface area contributed by atoms with Gasteiger partial charge in [-0.2, -0.15) is 0 Å². The van der Waals surface area contributed by atoms with Crippen LogP contribution in [0.5, 0.6) is 28.7 Å². The Labute approximate surface area is 890 Å². The van der Waals surface area contributed by atoms with E-state index in [2.05, 4.69) is 105 Å². The number of ether oxygens (including phenoxy) is 5. The first-order valence-corrected chi connectivity index (χ1v) is 56.9. The Balaban J connectivity index is 0.000000145. The highest BCUT2D eigenvalue weighted by Gasteiger charge is 2.36. The number of fused-ring (bicyclic) bond motifs is 8. The van der Waals surface area contributed by atoms with Crippen molar-refractivity contribution in [3.63, 3.8) is 0 Å². The van der Waals surface area contributed by atoms with E-state index in [1.165, 1.54) is 79.4 Å². The molecule has 796 valence electrons. The highest BCUT2D eigenvalue weighted by molar-refractivity contribution is 8.00. The molecule has 0 atom stereocenters. The number of thioether (sulfide) groups is 6. The zero-order valence-electron chi connectivity index (χ0n) is 85.3. The Hall–Kier alpha value is -11.7. The maximum atomic E-state index is 13.3. The van der Waals surface area contributed by atoms with Gasteiger partial charge >= 0.3 is 48.2 Å². The number of sulfone groups is 1. The van der Waals surface area contributed by atoms with E-state index in [4.69, 9.17) is 40.1 Å². The van der Waals surface area contributed by atoms with Crippen molar-refractivity contribution in [3.8, 4) is 28.7 Å². The summed E-state index contributed by atoms with van der Waals surface area (Å²) in [6, 6.07) is 46.1. The number of carboxylic acids is 1. The van der Waals surface area contributed by atoms with Gasteiger partial charge in [-0.25, -0.2) is 46.4 Å². The van der Waals surface area contributed by atoms with Gasteiger partial charge in [0.15, 0.2) is 32.9 Å². The summed E-state index contributed by atoms with van der Waals surface area (Å²) in [5.74, 6) is 2.73. The van der Waals surface area contributed by atoms with Crippen molar-refractivity contribution in [1.29, 1.82) is 0 Å². The highest BCUT2D eigenvalue weighted by Crippen LogP contribution is 2.42. The summed E-state index contributed by atoms with van der Waals surface area (Å²) in [5, 5.41) is 44.5. The molecule has 8 aromatic carbocycles. The molecule has 19 rings (SSSR count). The number of aromatic hydroxyl groups is 3. The summed E-state index contributed by atoms with van der Waals surface area (Å²) >= 11 is 10.2. The van der Waals surface area contributed by atoms with Crippen LogP contribution < -0.4 is 20.5 Å². The van der Waals surface area contributed by atoms with E-state index in [-0.39, 0.29) is 71.2 Å². The zero-order valence-corrected chi connectivity index (χ0v) is 91.0. The first-order valence-electron chi connectivity index (χ1n) is 49.3. The number of halogens is 1. The first kappa shape index (κ1) is 113. The second kappa shape index (κ2) is 52.7. The third kappa shape index (κ3) is 32.9. The molecule has 0 spiro atoms. The van der Waals surface area contributed by atoms with E-state index in [9.17, 15) is 66.5 Å². The van der Waals surface area contributed by atoms with Gasteiger partial charge in [0.25, 0.3) is 0 Å². The molecule has 11 aliphatic heterocycles. The molecule has 43 heteroatoms. The van der Waals surface area contributed by atoms with Gasteiger partial charge in [0.05, 0.1) is 41.7 Å². The number of likely N-dealkylation sites (tertiary alicyclic amines) is 1. The SMILES string of the molecule is CC(C)(C)OC(=O)N1CCSc2cc(F)c(O)cc2C1.CC(C)(C)OC(=O)N1CCSc2cc(N)c(O)cc2C1.CC(C)(C)OC(=O)N1CCSc2cc(N=[N+]=[N-])c(O)cc2C1.Cc1ccc2c(c1)CN(C(=O)C(=O)O)CCS2(=O)=O.O=C(N1CCCCC1)N1CCSc2ccccc2C1.O=C(N1CCN(Cc2ccc3c(c2)OCO3)CC1)N1CCSc2ccccc2C1.O=C(N1CCNCC1)N1CCSc2ccccc2C1. The van der Waals surface area contributed by atoms with Crippen LogP contribution in [0.15, 0.2) is 185 Å². The summed E-state index contributed by atoms with van der Waals surface area (Å²) in [6.07, 6.45) is 2.48. The Kier molecular flexibility index (Phi) is 40.4. The number of carbonyl (C=O) groups excluding carboxylic acids is 7. The number of benzene rings is 8. The van der Waals surface area contributed by atoms with Crippen molar-refractivity contribution in [2.24, 2.45) is 5.11 Å². The van der Waals surface area contributed by atoms with E-state index in [1.54, 1.807) is 75.5 Å². The van der Waals surface area contributed by atoms with Crippen LogP contribution in [0.3, 0.4) is 0 Å². The van der Waals surface area contributed by atoms with E-state index in [0.717, 1.165) is 194 Å². The number of anilines is 1. The lowest BCUT2D eigenvalue weighted by Crippen LogP contribution is -2.52. The van der Waals surface area contributed by atoms with Crippen LogP contribution in [0.4, 0.5) is 44.5 Å². The number of phenolic OH excluding ortho intramolecular Hbond substituents is 3. The largest absolute Gasteiger partial charge is 0.507 e. The molecule has 0 unspecified atom stereocenters. The number of piperidine rings is 1. The normalized spacial score (nSPS) is 17.4. The lowest BCUT2D eigenvalue weighted by Gasteiger charge is -2.37. The molecule has 0 radical (unpaired) electrons. The van der Waals surface area contributed by atoms with Gasteiger partial charge in [0.1, 0.15) is 28.3 Å². The molecular weight excluding hydrogens is 2030 g/mol. The van der Waals surface area contributed by atoms with E-state index in [1.807, 2.05) is 133 Å². The molecular formula is C105H133FN16O19S7. The quantitative estimate of drug-likeness (QED) is 0.0182. The minimum Gasteiger partial charge on any atom is -0.507 e. The maximum absolute atomic E-state index is 13.3. The molecule has 3 fully saturated rings. The van der Waals surface area contributed by atoms with Crippen LogP contribution in [0.25, 0.3) is 10.4 Å². The van der Waals surface area contributed by atoms with Gasteiger partial charge < -0.3 is 104 Å². The van der Waals surface area contributed by atoms with Crippen molar-refractivity contribution >= 4 is 140 Å². The van der Waals surface area contributed by atoms with Crippen LogP contribution in [0.1, 0.15) is 132 Å². The second-order valence-corrected chi connectivity index (χ2v) is 48.4. The molecule has 0 saturated carbocycles. The zero-order chi connectivity index (χ0) is 106. The van der Waals surface area contributed by atoms with Crippen LogP contribution in [0.2, 0.25) is 0 Å². The number of hydrogen-bond donors (Lipinski definition) is 6. The number of nitrogens with two attached hydrogens (primary N) is 1. The number of nitrogen functional groups attached to an aromatic ring is 1. The van der Waals surface area contributed by atoms with E-state index >= 15 is 0 Å². The maximum Gasteiger partial charge on any atom is 0.410 e. The average Bonchev–Trinajstić information content (AvgIpc) is 1.65. The molecule has 0 bridgehead atoms. The number of piperazine rings is 2. The van der Waals surface area contributed by atoms with Crippen LogP contribution >= 0.6 is 70.6 Å². The second-order valence-electron chi connectivity index (χ2n) is 39.5. The van der Waals surface area contributed by atoms with Crippen LogP contribution in [-0.4, -0.2) is 306 Å². The number of aryl methyl sites for hydroxylation is 1. The summed E-state index contributed by atoms with van der Waals surface area (Å²) in [5.41, 5.74) is 21.9. The topological polar surface area (TPSA) is 420 Å². The van der Waals surface area contributed by atoms with Gasteiger partial charge in [-0.15, -0.1) is 70.6 Å². The minimum absolute atomic E-state index is 0.00137. The van der Waals surface area contributed by atoms with Crippen molar-refractivity contribution in [2.45, 2.75) is 192 Å². The molecule has 3 saturated heterocycles. The van der Waals surface area contributed by atoms with Gasteiger partial charge in [-0.05, 0) is 211 Å². The van der Waals surface area contributed by atoms with Crippen LogP contribution in [0, 0.1) is 12.7 Å². The molecule has 148 heavy (non-hydrogen) atoms. The van der Waals surface area contributed by atoms with Crippen molar-refractivity contribution in [3.05, 3.63) is 212 Å². The van der Waals surface area contributed by atoms with E-state index in [0.29, 0.717) is 75.4 Å². The van der Waals surface area contributed by atoms with Gasteiger partial charge in [0.2, 0.25) is 6.79 Å². The lowest BCUT2D eigenvalue weighted by molar-refractivity contribution is -0.156. The Morgan fingerprint density at radius 2 is 0.838 bits per heavy atom. The molecule has 0 aliphatic carbocycles. The fourth-order valence-electron chi connectivity index (χ4n) is 17.3. The monoisotopic (exact) mass is 2160 g/mol. The minimum atomic E-state index is -3.47. The highest BCUT2D eigenvalue weighted by atomic mass is 32.2. The van der Waals surface area contributed by atoms with Crippen LogP contribution in [-0.2, 0) is 86.0 Å². The Bertz CT molecular complexity index is 6030. The third-order valence-electron chi connectivity index (χ3n) is 24.7.